The molecule has 0 atom stereocenters. The molecule has 2 fully saturated rings. The molecule has 1 heterocycles. The van der Waals surface area contributed by atoms with Crippen molar-refractivity contribution in [3.8, 4) is 0 Å². The van der Waals surface area contributed by atoms with Gasteiger partial charge in [0.2, 0.25) is 0 Å². The number of likely N-dealkylation sites (N-methyl/N-ethyl adjacent to an activating group) is 1. The Morgan fingerprint density at radius 3 is 2.50 bits per heavy atom. The van der Waals surface area contributed by atoms with E-state index in [2.05, 4.69) is 42.6 Å². The minimum atomic E-state index is -0.696. The van der Waals surface area contributed by atoms with Gasteiger partial charge in [-0.2, -0.15) is 0 Å². The van der Waals surface area contributed by atoms with E-state index in [1.807, 2.05) is 18.7 Å². The number of rotatable bonds is 4. The number of hydrogen-bond acceptors (Lipinski definition) is 3. The van der Waals surface area contributed by atoms with Gasteiger partial charge in [-0.25, -0.2) is 0 Å². The lowest BCUT2D eigenvalue weighted by atomic mass is 9.79. The van der Waals surface area contributed by atoms with E-state index in [0.717, 1.165) is 45.3 Å². The first-order valence-corrected chi connectivity index (χ1v) is 9.21. The normalized spacial score (nSPS) is 29.9. The third-order valence-electron chi connectivity index (χ3n) is 5.47. The maximum Gasteiger partial charge on any atom is 0.254 e. The topological polar surface area (TPSA) is 41.6 Å². The van der Waals surface area contributed by atoms with Crippen LogP contribution in [0.25, 0.3) is 0 Å². The summed E-state index contributed by atoms with van der Waals surface area (Å²) in [6.45, 7) is 8.32. The number of ether oxygens (including phenoxy) is 1. The van der Waals surface area contributed by atoms with Gasteiger partial charge < -0.3 is 15.0 Å². The Labute approximate surface area is 145 Å². The molecular weight excluding hydrogens is 300 g/mol. The quantitative estimate of drug-likeness (QED) is 0.922. The molecule has 0 aromatic heterocycles. The smallest absolute Gasteiger partial charge is 0.254 e. The number of carbonyl (C=O) groups is 1. The Balaban J connectivity index is 1.57. The highest BCUT2D eigenvalue weighted by atomic mass is 16.5. The van der Waals surface area contributed by atoms with E-state index >= 15 is 0 Å². The lowest BCUT2D eigenvalue weighted by Crippen LogP contribution is -2.64. The first kappa shape index (κ1) is 17.4. The van der Waals surface area contributed by atoms with Crippen molar-refractivity contribution in [1.29, 1.82) is 0 Å². The molecule has 1 aliphatic heterocycles. The lowest BCUT2D eigenvalue weighted by molar-refractivity contribution is -0.214. The lowest BCUT2D eigenvalue weighted by Gasteiger charge is -2.51. The van der Waals surface area contributed by atoms with Crippen LogP contribution in [0.2, 0.25) is 0 Å². The van der Waals surface area contributed by atoms with Crippen molar-refractivity contribution in [2.75, 3.05) is 13.1 Å². The molecule has 1 N–H and O–H groups in total. The van der Waals surface area contributed by atoms with Crippen molar-refractivity contribution < 1.29 is 9.53 Å². The SMILES string of the molecule is CCN1C[C@]2(CC[C@@H](NCc3ccccc3)CC2)OC(C)(C)C1=O. The van der Waals surface area contributed by atoms with Gasteiger partial charge in [0.05, 0.1) is 5.60 Å². The van der Waals surface area contributed by atoms with Crippen LogP contribution < -0.4 is 5.32 Å². The molecule has 0 radical (unpaired) electrons. The molecule has 24 heavy (non-hydrogen) atoms. The summed E-state index contributed by atoms with van der Waals surface area (Å²) in [6, 6.07) is 11.1. The third kappa shape index (κ3) is 3.65. The molecule has 1 saturated carbocycles. The Hall–Kier alpha value is -1.39. The highest BCUT2D eigenvalue weighted by Gasteiger charge is 2.50. The van der Waals surface area contributed by atoms with Gasteiger partial charge in [-0.3, -0.25) is 4.79 Å². The van der Waals surface area contributed by atoms with E-state index in [0.29, 0.717) is 6.04 Å². The Kier molecular flexibility index (Phi) is 4.97. The van der Waals surface area contributed by atoms with Crippen LogP contribution in [-0.4, -0.2) is 41.1 Å². The molecule has 1 aromatic carbocycles. The van der Waals surface area contributed by atoms with Gasteiger partial charge in [0.25, 0.3) is 5.91 Å². The fraction of sp³-hybridized carbons (Fsp3) is 0.650. The number of carbonyl (C=O) groups excluding carboxylic acids is 1. The molecule has 0 unspecified atom stereocenters. The van der Waals surface area contributed by atoms with Crippen molar-refractivity contribution in [2.24, 2.45) is 0 Å². The molecule has 4 heteroatoms. The van der Waals surface area contributed by atoms with Gasteiger partial charge in [-0.05, 0) is 52.0 Å². The first-order chi connectivity index (χ1) is 11.4. The molecule has 3 rings (SSSR count). The molecule has 4 nitrogen and oxygen atoms in total. The van der Waals surface area contributed by atoms with Crippen LogP contribution in [0.1, 0.15) is 52.0 Å². The van der Waals surface area contributed by atoms with Crippen molar-refractivity contribution in [1.82, 2.24) is 10.2 Å². The maximum absolute atomic E-state index is 12.4. The largest absolute Gasteiger partial charge is 0.357 e. The predicted molar refractivity (Wildman–Crippen MR) is 95.7 cm³/mol. The second-order valence-corrected chi connectivity index (χ2v) is 7.76. The number of nitrogens with one attached hydrogen (secondary N) is 1. The molecular formula is C20H30N2O2. The van der Waals surface area contributed by atoms with Crippen LogP contribution in [0.15, 0.2) is 30.3 Å². The third-order valence-corrected chi connectivity index (χ3v) is 5.47. The minimum Gasteiger partial charge on any atom is -0.357 e. The van der Waals surface area contributed by atoms with Crippen LogP contribution in [0, 0.1) is 0 Å². The molecule has 1 saturated heterocycles. The van der Waals surface area contributed by atoms with E-state index < -0.39 is 5.60 Å². The van der Waals surface area contributed by atoms with E-state index in [-0.39, 0.29) is 11.5 Å². The summed E-state index contributed by atoms with van der Waals surface area (Å²) in [5.74, 6) is 0.125. The zero-order valence-corrected chi connectivity index (χ0v) is 15.2. The fourth-order valence-electron chi connectivity index (χ4n) is 4.14. The summed E-state index contributed by atoms with van der Waals surface area (Å²) >= 11 is 0. The maximum atomic E-state index is 12.4. The van der Waals surface area contributed by atoms with Gasteiger partial charge in [-0.1, -0.05) is 30.3 Å². The standard InChI is InChI=1S/C20H30N2O2/c1-4-22-15-20(24-19(2,3)18(22)23)12-10-17(11-13-20)21-14-16-8-6-5-7-9-16/h5-9,17,21H,4,10-15H2,1-3H3/t17-,20-. The molecule has 2 aliphatic rings. The average molecular weight is 330 g/mol. The Morgan fingerprint density at radius 2 is 1.88 bits per heavy atom. The highest BCUT2D eigenvalue weighted by molar-refractivity contribution is 5.85. The van der Waals surface area contributed by atoms with E-state index in [1.54, 1.807) is 0 Å². The Bertz CT molecular complexity index is 562. The van der Waals surface area contributed by atoms with Crippen molar-refractivity contribution in [3.63, 3.8) is 0 Å². The fourth-order valence-corrected chi connectivity index (χ4v) is 4.14. The second kappa shape index (κ2) is 6.85. The van der Waals surface area contributed by atoms with Crippen molar-refractivity contribution >= 4 is 5.91 Å². The van der Waals surface area contributed by atoms with Gasteiger partial charge in [0, 0.05) is 25.7 Å². The van der Waals surface area contributed by atoms with Gasteiger partial charge in [-0.15, -0.1) is 0 Å². The predicted octanol–water partition coefficient (Wildman–Crippen LogP) is 3.11. The zero-order valence-electron chi connectivity index (χ0n) is 15.2. The van der Waals surface area contributed by atoms with Gasteiger partial charge in [0.15, 0.2) is 0 Å². The van der Waals surface area contributed by atoms with Crippen LogP contribution in [0.5, 0.6) is 0 Å². The van der Waals surface area contributed by atoms with Crippen LogP contribution in [0.3, 0.4) is 0 Å². The van der Waals surface area contributed by atoms with E-state index in [9.17, 15) is 4.79 Å². The molecule has 0 bridgehead atoms. The molecule has 1 amide bonds. The number of amides is 1. The number of hydrogen-bond donors (Lipinski definition) is 1. The Morgan fingerprint density at radius 1 is 1.21 bits per heavy atom. The zero-order chi connectivity index (χ0) is 17.2. The average Bonchev–Trinajstić information content (AvgIpc) is 2.58. The van der Waals surface area contributed by atoms with Crippen LogP contribution in [-0.2, 0) is 16.1 Å². The summed E-state index contributed by atoms with van der Waals surface area (Å²) in [5, 5.41) is 3.68. The summed E-state index contributed by atoms with van der Waals surface area (Å²) in [6.07, 6.45) is 4.25. The number of morpholine rings is 1. The molecule has 1 aliphatic carbocycles. The first-order valence-electron chi connectivity index (χ1n) is 9.21. The number of nitrogens with zero attached hydrogens (tertiary/aromatic N) is 1. The van der Waals surface area contributed by atoms with Gasteiger partial charge in [0.1, 0.15) is 5.60 Å². The van der Waals surface area contributed by atoms with Gasteiger partial charge >= 0.3 is 0 Å². The molecule has 1 aromatic rings. The second-order valence-electron chi connectivity index (χ2n) is 7.76. The van der Waals surface area contributed by atoms with Crippen molar-refractivity contribution in [2.45, 2.75) is 70.2 Å². The van der Waals surface area contributed by atoms with E-state index in [4.69, 9.17) is 4.74 Å². The van der Waals surface area contributed by atoms with E-state index in [1.165, 1.54) is 5.56 Å². The van der Waals surface area contributed by atoms with Crippen molar-refractivity contribution in [3.05, 3.63) is 35.9 Å². The molecule has 1 spiro atoms. The highest BCUT2D eigenvalue weighted by Crippen LogP contribution is 2.40. The summed E-state index contributed by atoms with van der Waals surface area (Å²) in [7, 11) is 0. The van der Waals surface area contributed by atoms with Crippen LogP contribution in [0.4, 0.5) is 0 Å². The summed E-state index contributed by atoms with van der Waals surface area (Å²) in [4.78, 5) is 14.4. The monoisotopic (exact) mass is 330 g/mol. The summed E-state index contributed by atoms with van der Waals surface area (Å²) in [5.41, 5.74) is 0.479. The van der Waals surface area contributed by atoms with Crippen LogP contribution >= 0.6 is 0 Å². The number of benzene rings is 1. The molecule has 132 valence electrons. The summed E-state index contributed by atoms with van der Waals surface area (Å²) < 4.78 is 6.34. The minimum absolute atomic E-state index is 0.125.